The van der Waals surface area contributed by atoms with Crippen LogP contribution in [0.2, 0.25) is 0 Å². The van der Waals surface area contributed by atoms with Crippen molar-refractivity contribution in [1.29, 1.82) is 0 Å². The molecule has 0 N–H and O–H groups in total. The summed E-state index contributed by atoms with van der Waals surface area (Å²) in [6, 6.07) is 1.84. The van der Waals surface area contributed by atoms with Gasteiger partial charge in [0, 0.05) is 44.5 Å². The first-order valence-corrected chi connectivity index (χ1v) is 8.73. The van der Waals surface area contributed by atoms with Gasteiger partial charge in [0.15, 0.2) is 0 Å². The topological polar surface area (TPSA) is 58.6 Å². The van der Waals surface area contributed by atoms with Crippen molar-refractivity contribution < 1.29 is 9.53 Å². The molecule has 0 saturated carbocycles. The van der Waals surface area contributed by atoms with E-state index in [1.807, 2.05) is 11.0 Å². The number of ether oxygens (including phenoxy) is 1. The van der Waals surface area contributed by atoms with Crippen LogP contribution in [0.15, 0.2) is 18.5 Å². The largest absolute Gasteiger partial charge is 0.377 e. The number of amides is 1. The van der Waals surface area contributed by atoms with Gasteiger partial charge in [-0.1, -0.05) is 0 Å². The Kier molecular flexibility index (Phi) is 4.16. The minimum Gasteiger partial charge on any atom is -0.377 e. The molecule has 3 aliphatic heterocycles. The fraction of sp³-hybridized carbons (Fsp3) is 0.706. The van der Waals surface area contributed by atoms with Crippen molar-refractivity contribution in [2.24, 2.45) is 11.8 Å². The van der Waals surface area contributed by atoms with Gasteiger partial charge in [-0.05, 0) is 31.7 Å². The molecule has 1 amide bonds. The van der Waals surface area contributed by atoms with E-state index in [0.717, 1.165) is 57.8 Å². The number of aromatic nitrogens is 2. The molecule has 6 heteroatoms. The van der Waals surface area contributed by atoms with Gasteiger partial charge in [-0.25, -0.2) is 9.97 Å². The van der Waals surface area contributed by atoms with E-state index in [1.165, 1.54) is 0 Å². The molecule has 0 spiro atoms. The molecule has 0 bridgehead atoms. The van der Waals surface area contributed by atoms with Crippen molar-refractivity contribution in [2.45, 2.75) is 31.8 Å². The van der Waals surface area contributed by atoms with Crippen molar-refractivity contribution in [3.63, 3.8) is 0 Å². The van der Waals surface area contributed by atoms with Gasteiger partial charge in [-0.3, -0.25) is 4.79 Å². The molecule has 23 heavy (non-hydrogen) atoms. The van der Waals surface area contributed by atoms with Crippen LogP contribution in [0.3, 0.4) is 0 Å². The molecular formula is C17H24N4O2. The van der Waals surface area contributed by atoms with E-state index in [9.17, 15) is 4.79 Å². The summed E-state index contributed by atoms with van der Waals surface area (Å²) < 4.78 is 6.04. The van der Waals surface area contributed by atoms with Gasteiger partial charge in [-0.15, -0.1) is 0 Å². The molecule has 4 rings (SSSR count). The Balaban J connectivity index is 1.41. The fourth-order valence-electron chi connectivity index (χ4n) is 4.13. The molecule has 3 aliphatic rings. The van der Waals surface area contributed by atoms with Crippen LogP contribution < -0.4 is 4.90 Å². The Bertz CT molecular complexity index is 547. The predicted molar refractivity (Wildman–Crippen MR) is 86.0 cm³/mol. The molecular weight excluding hydrogens is 292 g/mol. The molecule has 4 heterocycles. The molecule has 0 aromatic carbocycles. The fourth-order valence-corrected chi connectivity index (χ4v) is 4.13. The van der Waals surface area contributed by atoms with E-state index in [2.05, 4.69) is 14.9 Å². The second-order valence-electron chi connectivity index (χ2n) is 6.88. The first-order valence-electron chi connectivity index (χ1n) is 8.73. The summed E-state index contributed by atoms with van der Waals surface area (Å²) in [5, 5.41) is 0. The Morgan fingerprint density at radius 2 is 1.96 bits per heavy atom. The molecule has 3 fully saturated rings. The number of hydrogen-bond acceptors (Lipinski definition) is 5. The Hall–Kier alpha value is -1.69. The average Bonchev–Trinajstić information content (AvgIpc) is 3.15. The molecule has 6 nitrogen and oxygen atoms in total. The van der Waals surface area contributed by atoms with Crippen molar-refractivity contribution in [3.05, 3.63) is 18.5 Å². The van der Waals surface area contributed by atoms with Crippen molar-refractivity contribution in [3.8, 4) is 0 Å². The van der Waals surface area contributed by atoms with Crippen LogP contribution in [0.4, 0.5) is 5.95 Å². The van der Waals surface area contributed by atoms with E-state index in [1.54, 1.807) is 12.4 Å². The maximum Gasteiger partial charge on any atom is 0.228 e. The van der Waals surface area contributed by atoms with Crippen LogP contribution in [-0.4, -0.2) is 59.7 Å². The predicted octanol–water partition coefficient (Wildman–Crippen LogP) is 1.33. The summed E-state index contributed by atoms with van der Waals surface area (Å²) in [5.74, 6) is 1.52. The van der Waals surface area contributed by atoms with Gasteiger partial charge in [0.25, 0.3) is 0 Å². The lowest BCUT2D eigenvalue weighted by Crippen LogP contribution is -2.51. The number of carbonyl (C=O) groups excluding carboxylic acids is 1. The van der Waals surface area contributed by atoms with Gasteiger partial charge < -0.3 is 14.5 Å². The molecule has 0 unspecified atom stereocenters. The third kappa shape index (κ3) is 3.04. The summed E-state index contributed by atoms with van der Waals surface area (Å²) >= 11 is 0. The highest BCUT2D eigenvalue weighted by Crippen LogP contribution is 2.33. The molecule has 124 valence electrons. The molecule has 0 aliphatic carbocycles. The third-order valence-electron chi connectivity index (χ3n) is 5.36. The van der Waals surface area contributed by atoms with Crippen molar-refractivity contribution >= 4 is 11.9 Å². The second kappa shape index (κ2) is 6.43. The molecule has 1 aromatic rings. The molecule has 0 radical (unpaired) electrons. The van der Waals surface area contributed by atoms with Crippen LogP contribution in [0.1, 0.15) is 25.7 Å². The van der Waals surface area contributed by atoms with Crippen LogP contribution in [0.25, 0.3) is 0 Å². The van der Waals surface area contributed by atoms with E-state index in [-0.39, 0.29) is 12.0 Å². The Morgan fingerprint density at radius 1 is 1.17 bits per heavy atom. The number of piperidine rings is 1. The first-order chi connectivity index (χ1) is 11.3. The third-order valence-corrected chi connectivity index (χ3v) is 5.36. The average molecular weight is 316 g/mol. The summed E-state index contributed by atoms with van der Waals surface area (Å²) in [5.41, 5.74) is 0. The number of nitrogens with zero attached hydrogens (tertiary/aromatic N) is 4. The number of anilines is 1. The quantitative estimate of drug-likeness (QED) is 0.824. The normalized spacial score (nSPS) is 31.0. The van der Waals surface area contributed by atoms with Crippen LogP contribution in [0.5, 0.6) is 0 Å². The zero-order valence-electron chi connectivity index (χ0n) is 13.4. The monoisotopic (exact) mass is 316 g/mol. The zero-order chi connectivity index (χ0) is 15.6. The van der Waals surface area contributed by atoms with Gasteiger partial charge >= 0.3 is 0 Å². The van der Waals surface area contributed by atoms with Crippen molar-refractivity contribution in [1.82, 2.24) is 14.9 Å². The lowest BCUT2D eigenvalue weighted by molar-refractivity contribution is -0.145. The second-order valence-corrected chi connectivity index (χ2v) is 6.88. The molecule has 1 aromatic heterocycles. The van der Waals surface area contributed by atoms with Gasteiger partial charge in [-0.2, -0.15) is 0 Å². The lowest BCUT2D eigenvalue weighted by Gasteiger charge is -2.43. The number of rotatable bonds is 2. The van der Waals surface area contributed by atoms with E-state index in [0.29, 0.717) is 18.4 Å². The number of carbonyl (C=O) groups is 1. The van der Waals surface area contributed by atoms with E-state index in [4.69, 9.17) is 4.74 Å². The Morgan fingerprint density at radius 3 is 2.74 bits per heavy atom. The highest BCUT2D eigenvalue weighted by Gasteiger charge is 2.40. The van der Waals surface area contributed by atoms with Gasteiger partial charge in [0.05, 0.1) is 18.6 Å². The number of fused-ring (bicyclic) bond motifs is 1. The number of hydrogen-bond donors (Lipinski definition) is 0. The van der Waals surface area contributed by atoms with Crippen LogP contribution in [-0.2, 0) is 9.53 Å². The highest BCUT2D eigenvalue weighted by molar-refractivity contribution is 5.79. The first kappa shape index (κ1) is 14.9. The maximum atomic E-state index is 12.6. The SMILES string of the molecule is O=C([C@H]1CO[C@H]2CCN(c3ncccn3)C[C@H]2C1)N1CCCC1. The summed E-state index contributed by atoms with van der Waals surface area (Å²) in [4.78, 5) is 25.6. The van der Waals surface area contributed by atoms with E-state index >= 15 is 0 Å². The smallest absolute Gasteiger partial charge is 0.228 e. The van der Waals surface area contributed by atoms with Crippen molar-refractivity contribution in [2.75, 3.05) is 37.7 Å². The zero-order valence-corrected chi connectivity index (χ0v) is 13.4. The van der Waals surface area contributed by atoms with E-state index < -0.39 is 0 Å². The highest BCUT2D eigenvalue weighted by atomic mass is 16.5. The lowest BCUT2D eigenvalue weighted by atomic mass is 9.83. The van der Waals surface area contributed by atoms with Gasteiger partial charge in [0.1, 0.15) is 0 Å². The summed E-state index contributed by atoms with van der Waals surface area (Å²) in [6.45, 7) is 4.26. The molecule has 3 saturated heterocycles. The summed E-state index contributed by atoms with van der Waals surface area (Å²) in [7, 11) is 0. The summed E-state index contributed by atoms with van der Waals surface area (Å²) in [6.07, 6.45) is 8.07. The van der Waals surface area contributed by atoms with Crippen LogP contribution >= 0.6 is 0 Å². The van der Waals surface area contributed by atoms with Crippen LogP contribution in [0, 0.1) is 11.8 Å². The standard InChI is InChI=1S/C17H24N4O2/c22-16(20-7-1-2-8-20)14-10-13-11-21(9-4-15(13)23-12-14)17-18-5-3-6-19-17/h3,5-6,13-15H,1-2,4,7-12H2/t13-,14-,15+/m1/s1. The minimum atomic E-state index is 0.0333. The Labute approximate surface area is 136 Å². The maximum absolute atomic E-state index is 12.6. The van der Waals surface area contributed by atoms with Gasteiger partial charge in [0.2, 0.25) is 11.9 Å². The number of likely N-dealkylation sites (tertiary alicyclic amines) is 1. The molecule has 3 atom stereocenters. The minimum absolute atomic E-state index is 0.0333.